The van der Waals surface area contributed by atoms with Crippen molar-refractivity contribution in [1.29, 1.82) is 0 Å². The van der Waals surface area contributed by atoms with Gasteiger partial charge in [-0.05, 0) is 35.9 Å². The molecule has 0 saturated heterocycles. The summed E-state index contributed by atoms with van der Waals surface area (Å²) >= 11 is 3.28. The molecular weight excluding hydrogens is 362 g/mol. The summed E-state index contributed by atoms with van der Waals surface area (Å²) in [6.45, 7) is 0. The zero-order valence-corrected chi connectivity index (χ0v) is 14.3. The molecule has 5 nitrogen and oxygen atoms in total. The van der Waals surface area contributed by atoms with Crippen LogP contribution in [0, 0.1) is 0 Å². The Hall–Kier alpha value is -2.47. The van der Waals surface area contributed by atoms with Gasteiger partial charge in [-0.3, -0.25) is 4.79 Å². The van der Waals surface area contributed by atoms with Crippen molar-refractivity contribution >= 4 is 33.5 Å². The summed E-state index contributed by atoms with van der Waals surface area (Å²) in [4.78, 5) is 12.3. The normalized spacial score (nSPS) is 10.7. The molecule has 0 radical (unpaired) electrons. The number of phenols is 1. The van der Waals surface area contributed by atoms with Gasteiger partial charge in [-0.1, -0.05) is 22.0 Å². The van der Waals surface area contributed by atoms with Gasteiger partial charge in [0.15, 0.2) is 17.3 Å². The fourth-order valence-corrected chi connectivity index (χ4v) is 2.56. The zero-order valence-electron chi connectivity index (χ0n) is 12.7. The molecule has 0 spiro atoms. The third-order valence-electron chi connectivity index (χ3n) is 3.15. The highest BCUT2D eigenvalue weighted by Gasteiger charge is 2.13. The van der Waals surface area contributed by atoms with Gasteiger partial charge in [0.2, 0.25) is 0 Å². The molecule has 2 aromatic carbocycles. The Labute approximate surface area is 142 Å². The molecule has 2 aromatic rings. The van der Waals surface area contributed by atoms with Gasteiger partial charge < -0.3 is 20.3 Å². The Kier molecular flexibility index (Phi) is 5.28. The highest BCUT2D eigenvalue weighted by molar-refractivity contribution is 9.10. The van der Waals surface area contributed by atoms with Crippen molar-refractivity contribution in [2.45, 2.75) is 0 Å². The van der Waals surface area contributed by atoms with Crippen LogP contribution in [0.3, 0.4) is 0 Å². The number of halogens is 1. The van der Waals surface area contributed by atoms with E-state index in [1.807, 2.05) is 0 Å². The number of nitrogen functional groups attached to an aromatic ring is 1. The molecule has 0 bridgehead atoms. The molecule has 2 rings (SSSR count). The van der Waals surface area contributed by atoms with E-state index >= 15 is 0 Å². The van der Waals surface area contributed by atoms with E-state index in [-0.39, 0.29) is 11.5 Å². The molecule has 0 saturated carbocycles. The highest BCUT2D eigenvalue weighted by atomic mass is 79.9. The largest absolute Gasteiger partial charge is 0.508 e. The van der Waals surface area contributed by atoms with Crippen LogP contribution in [-0.4, -0.2) is 25.1 Å². The number of methoxy groups -OCH3 is 2. The van der Waals surface area contributed by atoms with E-state index < -0.39 is 0 Å². The molecule has 120 valence electrons. The van der Waals surface area contributed by atoms with Crippen LogP contribution in [0.5, 0.6) is 17.2 Å². The number of hydrogen-bond acceptors (Lipinski definition) is 5. The van der Waals surface area contributed by atoms with Gasteiger partial charge in [0.05, 0.1) is 14.2 Å². The van der Waals surface area contributed by atoms with Crippen molar-refractivity contribution in [3.63, 3.8) is 0 Å². The quantitative estimate of drug-likeness (QED) is 0.472. The average Bonchev–Trinajstić information content (AvgIpc) is 2.51. The maximum absolute atomic E-state index is 12.3. The lowest BCUT2D eigenvalue weighted by molar-refractivity contribution is 0.104. The molecule has 0 aliphatic heterocycles. The lowest BCUT2D eigenvalue weighted by Gasteiger charge is -2.10. The first kappa shape index (κ1) is 16.9. The van der Waals surface area contributed by atoms with E-state index in [4.69, 9.17) is 15.2 Å². The summed E-state index contributed by atoms with van der Waals surface area (Å²) in [7, 11) is 2.99. The molecule has 0 heterocycles. The van der Waals surface area contributed by atoms with Crippen LogP contribution < -0.4 is 15.2 Å². The van der Waals surface area contributed by atoms with Crippen molar-refractivity contribution in [3.8, 4) is 17.2 Å². The number of hydrogen-bond donors (Lipinski definition) is 2. The van der Waals surface area contributed by atoms with Crippen LogP contribution in [0.15, 0.2) is 40.9 Å². The van der Waals surface area contributed by atoms with Crippen molar-refractivity contribution in [2.75, 3.05) is 20.0 Å². The van der Waals surface area contributed by atoms with Crippen LogP contribution in [0.4, 0.5) is 5.69 Å². The fourth-order valence-electron chi connectivity index (χ4n) is 2.06. The van der Waals surface area contributed by atoms with E-state index in [1.165, 1.54) is 20.3 Å². The van der Waals surface area contributed by atoms with Crippen molar-refractivity contribution in [2.24, 2.45) is 0 Å². The van der Waals surface area contributed by atoms with Gasteiger partial charge >= 0.3 is 0 Å². The lowest BCUT2D eigenvalue weighted by atomic mass is 10.1. The third-order valence-corrected chi connectivity index (χ3v) is 3.61. The second kappa shape index (κ2) is 7.19. The molecule has 0 aliphatic rings. The smallest absolute Gasteiger partial charge is 0.188 e. The maximum atomic E-state index is 12.3. The van der Waals surface area contributed by atoms with Crippen LogP contribution in [-0.2, 0) is 0 Å². The van der Waals surface area contributed by atoms with E-state index in [0.717, 1.165) is 4.47 Å². The van der Waals surface area contributed by atoms with Crippen LogP contribution in [0.1, 0.15) is 15.9 Å². The minimum Gasteiger partial charge on any atom is -0.508 e. The van der Waals surface area contributed by atoms with Crippen molar-refractivity contribution in [1.82, 2.24) is 0 Å². The Balaban J connectivity index is 2.31. The summed E-state index contributed by atoms with van der Waals surface area (Å²) < 4.78 is 11.0. The van der Waals surface area contributed by atoms with Gasteiger partial charge in [-0.25, -0.2) is 0 Å². The number of anilines is 1. The van der Waals surface area contributed by atoms with Gasteiger partial charge in [0.1, 0.15) is 5.75 Å². The standard InChI is InChI=1S/C17H16BrNO4/c1-22-16-8-13(14(19)9-17(16)23-2)15(21)4-3-10-5-11(18)7-12(20)6-10/h3-9,20H,19H2,1-2H3. The maximum Gasteiger partial charge on any atom is 0.188 e. The summed E-state index contributed by atoms with van der Waals surface area (Å²) in [5.74, 6) is 0.723. The zero-order chi connectivity index (χ0) is 17.0. The minimum absolute atomic E-state index is 0.108. The second-order valence-corrected chi connectivity index (χ2v) is 5.65. The predicted molar refractivity (Wildman–Crippen MR) is 93.1 cm³/mol. The highest BCUT2D eigenvalue weighted by Crippen LogP contribution is 2.32. The molecule has 0 atom stereocenters. The molecule has 0 fully saturated rings. The number of ether oxygens (including phenoxy) is 2. The number of aromatic hydroxyl groups is 1. The number of nitrogens with two attached hydrogens (primary N) is 1. The lowest BCUT2D eigenvalue weighted by Crippen LogP contribution is -2.03. The van der Waals surface area contributed by atoms with Gasteiger partial charge in [-0.15, -0.1) is 0 Å². The van der Waals surface area contributed by atoms with Gasteiger partial charge in [0.25, 0.3) is 0 Å². The van der Waals surface area contributed by atoms with Crippen LogP contribution in [0.25, 0.3) is 6.08 Å². The number of phenolic OH excluding ortho intramolecular Hbond substituents is 1. The van der Waals surface area contributed by atoms with E-state index in [0.29, 0.717) is 28.3 Å². The average molecular weight is 378 g/mol. The molecule has 6 heteroatoms. The molecule has 3 N–H and O–H groups in total. The Morgan fingerprint density at radius 1 is 1.13 bits per heavy atom. The SMILES string of the molecule is COc1cc(N)c(C(=O)C=Cc2cc(O)cc(Br)c2)cc1OC. The van der Waals surface area contributed by atoms with E-state index in [1.54, 1.807) is 36.4 Å². The number of allylic oxidation sites excluding steroid dienone is 1. The number of carbonyl (C=O) groups is 1. The Bertz CT molecular complexity index is 751. The first-order valence-electron chi connectivity index (χ1n) is 6.68. The van der Waals surface area contributed by atoms with Crippen molar-refractivity contribution < 1.29 is 19.4 Å². The van der Waals surface area contributed by atoms with Crippen molar-refractivity contribution in [3.05, 3.63) is 52.0 Å². The Morgan fingerprint density at radius 3 is 2.39 bits per heavy atom. The molecule has 0 unspecified atom stereocenters. The fraction of sp³-hybridized carbons (Fsp3) is 0.118. The third kappa shape index (κ3) is 4.04. The van der Waals surface area contributed by atoms with Gasteiger partial charge in [0, 0.05) is 21.8 Å². The van der Waals surface area contributed by atoms with Crippen LogP contribution >= 0.6 is 15.9 Å². The number of rotatable bonds is 5. The number of benzene rings is 2. The Morgan fingerprint density at radius 2 is 1.78 bits per heavy atom. The summed E-state index contributed by atoms with van der Waals surface area (Å²) in [6, 6.07) is 7.98. The monoisotopic (exact) mass is 377 g/mol. The number of carbonyl (C=O) groups excluding carboxylic acids is 1. The van der Waals surface area contributed by atoms with Gasteiger partial charge in [-0.2, -0.15) is 0 Å². The van der Waals surface area contributed by atoms with Crippen LogP contribution in [0.2, 0.25) is 0 Å². The molecule has 23 heavy (non-hydrogen) atoms. The summed E-state index contributed by atoms with van der Waals surface area (Å²) in [5.41, 5.74) is 7.20. The summed E-state index contributed by atoms with van der Waals surface area (Å²) in [5, 5.41) is 9.55. The second-order valence-electron chi connectivity index (χ2n) is 4.73. The summed E-state index contributed by atoms with van der Waals surface area (Å²) in [6.07, 6.45) is 2.99. The molecule has 0 aromatic heterocycles. The number of ketones is 1. The topological polar surface area (TPSA) is 81.8 Å². The minimum atomic E-state index is -0.275. The first-order chi connectivity index (χ1) is 10.9. The molecule has 0 aliphatic carbocycles. The molecule has 0 amide bonds. The van der Waals surface area contributed by atoms with E-state index in [2.05, 4.69) is 15.9 Å². The first-order valence-corrected chi connectivity index (χ1v) is 7.47. The van der Waals surface area contributed by atoms with E-state index in [9.17, 15) is 9.90 Å². The predicted octanol–water partition coefficient (Wildman–Crippen LogP) is 3.65. The molecular formula is C17H16BrNO4.